The van der Waals surface area contributed by atoms with E-state index in [1.54, 1.807) is 6.08 Å². The molecule has 0 amide bonds. The molecule has 1 rings (SSSR count). The third-order valence-corrected chi connectivity index (χ3v) is 1.20. The van der Waals surface area contributed by atoms with Gasteiger partial charge in [-0.1, -0.05) is 12.7 Å². The van der Waals surface area contributed by atoms with Crippen molar-refractivity contribution < 1.29 is 9.53 Å². The van der Waals surface area contributed by atoms with Gasteiger partial charge in [-0.15, -0.1) is 5.73 Å². The summed E-state index contributed by atoms with van der Waals surface area (Å²) in [4.78, 5) is 10.6. The van der Waals surface area contributed by atoms with E-state index in [0.29, 0.717) is 0 Å². The highest BCUT2D eigenvalue weighted by atomic mass is 16.5. The maximum absolute atomic E-state index is 10.6. The Hall–Kier alpha value is -1.53. The second-order valence-electron chi connectivity index (χ2n) is 2.01. The van der Waals surface area contributed by atoms with Crippen molar-refractivity contribution in [2.45, 2.75) is 0 Å². The first-order valence-corrected chi connectivity index (χ1v) is 3.24. The van der Waals surface area contributed by atoms with E-state index in [-0.39, 0.29) is 6.61 Å². The first-order chi connectivity index (χ1) is 5.33. The van der Waals surface area contributed by atoms with Crippen molar-refractivity contribution in [3.63, 3.8) is 0 Å². The minimum Gasteiger partial charge on any atom is -0.457 e. The normalized spacial score (nSPS) is 12.9. The number of hydrogen-bond donors (Lipinski definition) is 0. The Morgan fingerprint density at radius 1 is 1.82 bits per heavy atom. The molecule has 11 heavy (non-hydrogen) atoms. The summed E-state index contributed by atoms with van der Waals surface area (Å²) in [5.41, 5.74) is 3.78. The van der Waals surface area contributed by atoms with E-state index in [1.165, 1.54) is 0 Å². The molecular formula is C9H8O2. The van der Waals surface area contributed by atoms with E-state index in [1.807, 2.05) is 12.2 Å². The highest BCUT2D eigenvalue weighted by Crippen LogP contribution is 2.01. The topological polar surface area (TPSA) is 26.3 Å². The highest BCUT2D eigenvalue weighted by Gasteiger charge is 1.98. The molecule has 0 atom stereocenters. The molecule has 56 valence electrons. The molecule has 2 heteroatoms. The molecular weight excluding hydrogens is 140 g/mol. The van der Waals surface area contributed by atoms with Crippen LogP contribution in [0.3, 0.4) is 0 Å². The SMILES string of the molecule is C=CC(=O)OCC1=C=CC=C1. The quantitative estimate of drug-likeness (QED) is 0.343. The van der Waals surface area contributed by atoms with Gasteiger partial charge in [0, 0.05) is 11.6 Å². The summed E-state index contributed by atoms with van der Waals surface area (Å²) < 4.78 is 4.75. The van der Waals surface area contributed by atoms with E-state index in [4.69, 9.17) is 4.74 Å². The van der Waals surface area contributed by atoms with E-state index in [2.05, 4.69) is 12.3 Å². The van der Waals surface area contributed by atoms with Crippen LogP contribution >= 0.6 is 0 Å². The van der Waals surface area contributed by atoms with Gasteiger partial charge in [0.25, 0.3) is 0 Å². The minimum atomic E-state index is -0.403. The van der Waals surface area contributed by atoms with Gasteiger partial charge >= 0.3 is 5.97 Å². The van der Waals surface area contributed by atoms with Crippen LogP contribution in [0.15, 0.2) is 42.2 Å². The maximum Gasteiger partial charge on any atom is 0.330 e. The maximum atomic E-state index is 10.6. The molecule has 0 saturated heterocycles. The van der Waals surface area contributed by atoms with E-state index < -0.39 is 5.97 Å². The predicted octanol–water partition coefficient (Wildman–Crippen LogP) is 1.37. The molecule has 0 bridgehead atoms. The Morgan fingerprint density at radius 2 is 2.64 bits per heavy atom. The zero-order valence-electron chi connectivity index (χ0n) is 6.04. The second kappa shape index (κ2) is 3.59. The summed E-state index contributed by atoms with van der Waals surface area (Å²) in [7, 11) is 0. The van der Waals surface area contributed by atoms with Crippen LogP contribution in [0.2, 0.25) is 0 Å². The molecule has 1 aliphatic rings. The Morgan fingerprint density at radius 3 is 3.18 bits per heavy atom. The van der Waals surface area contributed by atoms with Gasteiger partial charge in [-0.25, -0.2) is 4.79 Å². The van der Waals surface area contributed by atoms with Gasteiger partial charge in [-0.3, -0.25) is 0 Å². The third-order valence-electron chi connectivity index (χ3n) is 1.20. The number of ether oxygens (including phenoxy) is 1. The van der Waals surface area contributed by atoms with E-state index in [9.17, 15) is 4.79 Å². The van der Waals surface area contributed by atoms with Gasteiger partial charge in [0.15, 0.2) is 0 Å². The van der Waals surface area contributed by atoms with Crippen LogP contribution < -0.4 is 0 Å². The lowest BCUT2D eigenvalue weighted by Gasteiger charge is -1.97. The Kier molecular flexibility index (Phi) is 2.47. The molecule has 0 spiro atoms. The summed E-state index contributed by atoms with van der Waals surface area (Å²) in [6, 6.07) is 0. The fraction of sp³-hybridized carbons (Fsp3) is 0.111. The summed E-state index contributed by atoms with van der Waals surface area (Å²) >= 11 is 0. The largest absolute Gasteiger partial charge is 0.457 e. The predicted molar refractivity (Wildman–Crippen MR) is 41.9 cm³/mol. The summed E-state index contributed by atoms with van der Waals surface area (Å²) in [5.74, 6) is -0.403. The van der Waals surface area contributed by atoms with Gasteiger partial charge in [0.2, 0.25) is 0 Å². The molecule has 0 aromatic rings. The highest BCUT2D eigenvalue weighted by molar-refractivity contribution is 5.81. The molecule has 0 aliphatic heterocycles. The molecule has 0 N–H and O–H groups in total. The number of carbonyl (C=O) groups is 1. The van der Waals surface area contributed by atoms with Crippen LogP contribution in [0.25, 0.3) is 0 Å². The number of allylic oxidation sites excluding steroid dienone is 1. The standard InChI is InChI=1S/C9H8O2/c1-2-9(10)11-7-8-5-3-4-6-8/h2-5H,1,7H2. The summed E-state index contributed by atoms with van der Waals surface area (Å²) in [5, 5.41) is 0. The number of hydrogen-bond acceptors (Lipinski definition) is 2. The van der Waals surface area contributed by atoms with E-state index >= 15 is 0 Å². The van der Waals surface area contributed by atoms with Crippen molar-refractivity contribution >= 4 is 5.97 Å². The molecule has 1 aliphatic carbocycles. The monoisotopic (exact) mass is 148 g/mol. The average molecular weight is 148 g/mol. The first-order valence-electron chi connectivity index (χ1n) is 3.24. The Bertz CT molecular complexity index is 265. The van der Waals surface area contributed by atoms with Crippen molar-refractivity contribution in [2.75, 3.05) is 6.61 Å². The molecule has 0 unspecified atom stereocenters. The minimum absolute atomic E-state index is 0.276. The van der Waals surface area contributed by atoms with Crippen molar-refractivity contribution in [3.05, 3.63) is 42.2 Å². The Labute approximate surface area is 65.2 Å². The van der Waals surface area contributed by atoms with Gasteiger partial charge in [-0.2, -0.15) is 0 Å². The summed E-state index contributed by atoms with van der Waals surface area (Å²) in [6.45, 7) is 3.55. The van der Waals surface area contributed by atoms with Crippen LogP contribution in [-0.2, 0) is 9.53 Å². The average Bonchev–Trinajstić information content (AvgIpc) is 2.52. The first kappa shape index (κ1) is 7.58. The molecule has 0 aromatic heterocycles. The van der Waals surface area contributed by atoms with Crippen LogP contribution in [0.1, 0.15) is 0 Å². The second-order valence-corrected chi connectivity index (χ2v) is 2.01. The van der Waals surface area contributed by atoms with Gasteiger partial charge < -0.3 is 4.74 Å². The zero-order chi connectivity index (χ0) is 8.10. The van der Waals surface area contributed by atoms with Crippen LogP contribution in [0, 0.1) is 0 Å². The lowest BCUT2D eigenvalue weighted by molar-refractivity contribution is -0.136. The lowest BCUT2D eigenvalue weighted by Crippen LogP contribution is -2.02. The van der Waals surface area contributed by atoms with Crippen molar-refractivity contribution in [1.29, 1.82) is 0 Å². The molecule has 0 heterocycles. The van der Waals surface area contributed by atoms with Gasteiger partial charge in [-0.05, 0) is 12.2 Å². The van der Waals surface area contributed by atoms with Crippen molar-refractivity contribution in [2.24, 2.45) is 0 Å². The zero-order valence-corrected chi connectivity index (χ0v) is 6.04. The van der Waals surface area contributed by atoms with Crippen molar-refractivity contribution in [1.82, 2.24) is 0 Å². The van der Waals surface area contributed by atoms with Gasteiger partial charge in [0.05, 0.1) is 0 Å². The van der Waals surface area contributed by atoms with Crippen LogP contribution in [-0.4, -0.2) is 12.6 Å². The lowest BCUT2D eigenvalue weighted by atomic mass is 10.3. The van der Waals surface area contributed by atoms with Crippen LogP contribution in [0.5, 0.6) is 0 Å². The number of carbonyl (C=O) groups excluding carboxylic acids is 1. The number of rotatable bonds is 3. The number of esters is 1. The van der Waals surface area contributed by atoms with Crippen molar-refractivity contribution in [3.8, 4) is 0 Å². The third kappa shape index (κ3) is 2.28. The molecule has 0 aromatic carbocycles. The molecule has 0 fully saturated rings. The summed E-state index contributed by atoms with van der Waals surface area (Å²) in [6.07, 6.45) is 6.60. The fourth-order valence-corrected chi connectivity index (χ4v) is 0.665. The smallest absolute Gasteiger partial charge is 0.330 e. The molecule has 2 nitrogen and oxygen atoms in total. The fourth-order valence-electron chi connectivity index (χ4n) is 0.665. The molecule has 0 saturated carbocycles. The molecule has 0 radical (unpaired) electrons. The van der Waals surface area contributed by atoms with E-state index in [0.717, 1.165) is 11.6 Å². The Balaban J connectivity index is 2.34. The van der Waals surface area contributed by atoms with Crippen LogP contribution in [0.4, 0.5) is 0 Å². The van der Waals surface area contributed by atoms with Gasteiger partial charge in [0.1, 0.15) is 6.61 Å².